The van der Waals surface area contributed by atoms with E-state index in [0.29, 0.717) is 16.3 Å². The average molecular weight is 528 g/mol. The van der Waals surface area contributed by atoms with Crippen molar-refractivity contribution in [1.29, 1.82) is 0 Å². The predicted molar refractivity (Wildman–Crippen MR) is 133 cm³/mol. The number of aromatic nitrogens is 2. The van der Waals surface area contributed by atoms with E-state index in [4.69, 9.17) is 9.84 Å². The van der Waals surface area contributed by atoms with Crippen LogP contribution in [0.2, 0.25) is 0 Å². The van der Waals surface area contributed by atoms with E-state index in [0.717, 1.165) is 28.9 Å². The second-order valence-corrected chi connectivity index (χ2v) is 8.82. The highest BCUT2D eigenvalue weighted by molar-refractivity contribution is 8.00. The van der Waals surface area contributed by atoms with Crippen LogP contribution in [-0.2, 0) is 12.8 Å². The molecule has 4 aromatic rings. The largest absolute Gasteiger partial charge is 0.507 e. The molecule has 37 heavy (non-hydrogen) atoms. The molecular formula is C26H20F3N3O4S. The van der Waals surface area contributed by atoms with E-state index in [-0.39, 0.29) is 23.7 Å². The highest BCUT2D eigenvalue weighted by Gasteiger charge is 2.29. The molecular weight excluding hydrogens is 507 g/mol. The summed E-state index contributed by atoms with van der Waals surface area (Å²) in [5, 5.41) is 18.7. The van der Waals surface area contributed by atoms with Crippen LogP contribution < -0.4 is 9.46 Å². The maximum absolute atomic E-state index is 12.7. The Bertz CT molecular complexity index is 1410. The Morgan fingerprint density at radius 2 is 1.73 bits per heavy atom. The molecule has 1 aromatic heterocycles. The van der Waals surface area contributed by atoms with Gasteiger partial charge in [0.15, 0.2) is 5.82 Å². The highest BCUT2D eigenvalue weighted by atomic mass is 32.2. The van der Waals surface area contributed by atoms with E-state index in [1.54, 1.807) is 12.4 Å². The van der Waals surface area contributed by atoms with E-state index >= 15 is 0 Å². The van der Waals surface area contributed by atoms with Crippen LogP contribution >= 0.6 is 11.9 Å². The van der Waals surface area contributed by atoms with E-state index < -0.39 is 17.7 Å². The summed E-state index contributed by atoms with van der Waals surface area (Å²) >= 11 is 1.19. The maximum Gasteiger partial charge on any atom is 0.416 e. The second-order valence-electron chi connectivity index (χ2n) is 7.94. The van der Waals surface area contributed by atoms with Gasteiger partial charge in [-0.05, 0) is 79.0 Å². The van der Waals surface area contributed by atoms with Crippen LogP contribution in [0.3, 0.4) is 0 Å². The zero-order valence-electron chi connectivity index (χ0n) is 19.3. The zero-order chi connectivity index (χ0) is 26.6. The number of carboxylic acid groups (broad SMARTS) is 1. The van der Waals surface area contributed by atoms with Crippen LogP contribution in [-0.4, -0.2) is 26.2 Å². The quantitative estimate of drug-likeness (QED) is 0.221. The fourth-order valence-corrected chi connectivity index (χ4v) is 3.90. The molecule has 0 aliphatic rings. The lowest BCUT2D eigenvalue weighted by Crippen LogP contribution is -2.04. The van der Waals surface area contributed by atoms with Crippen LogP contribution in [0.1, 0.15) is 27.0 Å². The Morgan fingerprint density at radius 1 is 1.03 bits per heavy atom. The Balaban J connectivity index is 1.41. The highest BCUT2D eigenvalue weighted by Crippen LogP contribution is 2.32. The van der Waals surface area contributed by atoms with Crippen LogP contribution in [0.25, 0.3) is 11.4 Å². The number of anilines is 1. The first-order chi connectivity index (χ1) is 17.6. The number of benzene rings is 3. The number of aromatic carboxylic acids is 1. The molecule has 0 aliphatic carbocycles. The smallest absolute Gasteiger partial charge is 0.416 e. The minimum absolute atomic E-state index is 0.0917. The number of halogens is 3. The maximum atomic E-state index is 12.7. The Labute approximate surface area is 214 Å². The molecule has 0 saturated carbocycles. The molecule has 0 unspecified atom stereocenters. The number of phenols is 1. The molecule has 0 saturated heterocycles. The van der Waals surface area contributed by atoms with Gasteiger partial charge in [0, 0.05) is 34.1 Å². The molecule has 0 radical (unpaired) electrons. The van der Waals surface area contributed by atoms with Gasteiger partial charge in [0.1, 0.15) is 23.7 Å². The lowest BCUT2D eigenvalue weighted by Gasteiger charge is -2.11. The van der Waals surface area contributed by atoms with Crippen molar-refractivity contribution >= 4 is 23.6 Å². The Morgan fingerprint density at radius 3 is 2.38 bits per heavy atom. The van der Waals surface area contributed by atoms with Crippen molar-refractivity contribution in [2.45, 2.75) is 24.6 Å². The van der Waals surface area contributed by atoms with Gasteiger partial charge in [0.05, 0.1) is 5.56 Å². The number of ether oxygens (including phenoxy) is 1. The normalized spacial score (nSPS) is 11.2. The number of nitrogens with zero attached hydrogens (tertiary/aromatic N) is 2. The van der Waals surface area contributed by atoms with Gasteiger partial charge in [0.2, 0.25) is 0 Å². The summed E-state index contributed by atoms with van der Waals surface area (Å²) < 4.78 is 47.0. The SMILES string of the molecule is Cc1ccc(NSc2ccc(C(F)(F)F)cc2)cc1-c1ncc(COc2ccc(O)c(C(=O)O)c2)cn1. The minimum Gasteiger partial charge on any atom is -0.507 e. The molecule has 0 fully saturated rings. The second kappa shape index (κ2) is 10.8. The number of carbonyl (C=O) groups is 1. The first kappa shape index (κ1) is 25.8. The van der Waals surface area contributed by atoms with E-state index in [1.807, 2.05) is 25.1 Å². The van der Waals surface area contributed by atoms with Crippen molar-refractivity contribution in [2.24, 2.45) is 0 Å². The van der Waals surface area contributed by atoms with Crippen molar-refractivity contribution in [3.8, 4) is 22.9 Å². The summed E-state index contributed by atoms with van der Waals surface area (Å²) in [7, 11) is 0. The topological polar surface area (TPSA) is 105 Å². The zero-order valence-corrected chi connectivity index (χ0v) is 20.1. The van der Waals surface area contributed by atoms with Gasteiger partial charge in [-0.25, -0.2) is 14.8 Å². The number of rotatable bonds is 8. The third-order valence-electron chi connectivity index (χ3n) is 5.26. The van der Waals surface area contributed by atoms with Crippen molar-refractivity contribution in [2.75, 3.05) is 4.72 Å². The van der Waals surface area contributed by atoms with Gasteiger partial charge < -0.3 is 19.7 Å². The van der Waals surface area contributed by atoms with Gasteiger partial charge in [-0.2, -0.15) is 13.2 Å². The summed E-state index contributed by atoms with van der Waals surface area (Å²) in [4.78, 5) is 20.6. The number of aromatic hydroxyl groups is 1. The molecule has 0 bridgehead atoms. The van der Waals surface area contributed by atoms with E-state index in [9.17, 15) is 23.1 Å². The molecule has 1 heterocycles. The average Bonchev–Trinajstić information content (AvgIpc) is 2.87. The summed E-state index contributed by atoms with van der Waals surface area (Å²) in [5.41, 5.74) is 2.12. The van der Waals surface area contributed by atoms with Gasteiger partial charge in [0.25, 0.3) is 0 Å². The van der Waals surface area contributed by atoms with E-state index in [2.05, 4.69) is 14.7 Å². The van der Waals surface area contributed by atoms with Crippen LogP contribution in [0.15, 0.2) is 78.0 Å². The summed E-state index contributed by atoms with van der Waals surface area (Å²) in [5.74, 6) is -0.862. The summed E-state index contributed by atoms with van der Waals surface area (Å²) in [6, 6.07) is 14.4. The van der Waals surface area contributed by atoms with Crippen molar-refractivity contribution in [3.63, 3.8) is 0 Å². The van der Waals surface area contributed by atoms with Crippen molar-refractivity contribution in [1.82, 2.24) is 9.97 Å². The predicted octanol–water partition coefficient (Wildman–Crippen LogP) is 6.57. The monoisotopic (exact) mass is 527 g/mol. The number of carboxylic acids is 1. The van der Waals surface area contributed by atoms with Crippen LogP contribution in [0.5, 0.6) is 11.5 Å². The van der Waals surface area contributed by atoms with Crippen molar-refractivity contribution in [3.05, 3.63) is 95.3 Å². The molecule has 3 aromatic carbocycles. The molecule has 4 rings (SSSR count). The van der Waals surface area contributed by atoms with Gasteiger partial charge in [-0.1, -0.05) is 6.07 Å². The van der Waals surface area contributed by atoms with Gasteiger partial charge >= 0.3 is 12.1 Å². The number of nitrogens with one attached hydrogen (secondary N) is 1. The van der Waals surface area contributed by atoms with E-state index in [1.165, 1.54) is 42.3 Å². The van der Waals surface area contributed by atoms with Gasteiger partial charge in [-0.3, -0.25) is 0 Å². The molecule has 190 valence electrons. The third-order valence-corrected chi connectivity index (χ3v) is 6.10. The molecule has 3 N–H and O–H groups in total. The molecule has 0 spiro atoms. The molecule has 0 atom stereocenters. The molecule has 0 amide bonds. The molecule has 0 aliphatic heterocycles. The summed E-state index contributed by atoms with van der Waals surface area (Å²) in [6.07, 6.45) is -1.19. The fourth-order valence-electron chi connectivity index (χ4n) is 3.27. The number of aryl methyl sites for hydroxylation is 1. The van der Waals surface area contributed by atoms with Crippen LogP contribution in [0, 0.1) is 6.92 Å². The Kier molecular flexibility index (Phi) is 7.53. The molecule has 11 heteroatoms. The first-order valence-electron chi connectivity index (χ1n) is 10.8. The lowest BCUT2D eigenvalue weighted by molar-refractivity contribution is -0.137. The fraction of sp³-hybridized carbons (Fsp3) is 0.115. The number of hydrogen-bond acceptors (Lipinski definition) is 7. The third kappa shape index (κ3) is 6.50. The standard InChI is InChI=1S/C26H20F3N3O4S/c1-15-2-5-18(32-37-20-7-3-17(4-8-20)26(27,28)29)10-21(15)24-30-12-16(13-31-24)14-36-19-6-9-23(33)22(11-19)25(34)35/h2-13,32-33H,14H2,1H3,(H,34,35). The van der Waals surface area contributed by atoms with Crippen molar-refractivity contribution < 1.29 is 32.9 Å². The Hall–Kier alpha value is -4.25. The molecule has 7 nitrogen and oxygen atoms in total. The minimum atomic E-state index is -4.38. The summed E-state index contributed by atoms with van der Waals surface area (Å²) in [6.45, 7) is 2.00. The van der Waals surface area contributed by atoms with Gasteiger partial charge in [-0.15, -0.1) is 0 Å². The number of alkyl halides is 3. The van der Waals surface area contributed by atoms with Crippen LogP contribution in [0.4, 0.5) is 18.9 Å². The number of hydrogen-bond donors (Lipinski definition) is 3. The lowest BCUT2D eigenvalue weighted by atomic mass is 10.1. The first-order valence-corrected chi connectivity index (χ1v) is 11.6.